The molecule has 0 spiro atoms. The maximum atomic E-state index is 12.2. The van der Waals surface area contributed by atoms with E-state index in [2.05, 4.69) is 4.99 Å². The molecule has 0 atom stereocenters. The molecule has 1 aliphatic heterocycles. The molecule has 0 N–H and O–H groups in total. The summed E-state index contributed by atoms with van der Waals surface area (Å²) in [7, 11) is 0. The maximum absolute atomic E-state index is 12.2. The van der Waals surface area contributed by atoms with Gasteiger partial charge in [0.05, 0.1) is 10.6 Å². The van der Waals surface area contributed by atoms with Crippen LogP contribution in [-0.4, -0.2) is 11.9 Å². The molecule has 4 rings (SSSR count). The van der Waals surface area contributed by atoms with Crippen LogP contribution >= 0.6 is 34.8 Å². The van der Waals surface area contributed by atoms with E-state index in [1.807, 2.05) is 48.5 Å². The van der Waals surface area contributed by atoms with Crippen molar-refractivity contribution in [2.45, 2.75) is 6.61 Å². The second-order valence-electron chi connectivity index (χ2n) is 6.45. The number of cyclic esters (lactones) is 1. The third kappa shape index (κ3) is 4.85. The summed E-state index contributed by atoms with van der Waals surface area (Å²) in [6.45, 7) is 0.406. The fraction of sp³-hybridized carbons (Fsp3) is 0.0435. The molecule has 150 valence electrons. The highest BCUT2D eigenvalue weighted by Gasteiger charge is 2.25. The van der Waals surface area contributed by atoms with Crippen molar-refractivity contribution in [1.82, 2.24) is 0 Å². The van der Waals surface area contributed by atoms with Gasteiger partial charge in [0.1, 0.15) is 12.4 Å². The van der Waals surface area contributed by atoms with E-state index < -0.39 is 5.97 Å². The molecule has 3 aromatic carbocycles. The molecule has 0 saturated heterocycles. The van der Waals surface area contributed by atoms with Gasteiger partial charge in [-0.05, 0) is 59.7 Å². The first-order chi connectivity index (χ1) is 14.5. The van der Waals surface area contributed by atoms with Crippen molar-refractivity contribution in [2.24, 2.45) is 4.99 Å². The lowest BCUT2D eigenvalue weighted by Gasteiger charge is -2.07. The summed E-state index contributed by atoms with van der Waals surface area (Å²) in [6.07, 6.45) is 1.64. The smallest absolute Gasteiger partial charge is 0.363 e. The second-order valence-corrected chi connectivity index (χ2v) is 7.73. The van der Waals surface area contributed by atoms with E-state index in [9.17, 15) is 4.79 Å². The molecule has 0 unspecified atom stereocenters. The van der Waals surface area contributed by atoms with E-state index in [-0.39, 0.29) is 11.6 Å². The fourth-order valence-corrected chi connectivity index (χ4v) is 3.50. The summed E-state index contributed by atoms with van der Waals surface area (Å²) < 4.78 is 11.0. The summed E-state index contributed by atoms with van der Waals surface area (Å²) in [5.74, 6) is 0.301. The number of ether oxygens (including phenoxy) is 2. The van der Waals surface area contributed by atoms with E-state index >= 15 is 0 Å². The number of carbonyl (C=O) groups is 1. The molecule has 1 aliphatic rings. The van der Waals surface area contributed by atoms with E-state index in [0.29, 0.717) is 33.0 Å². The van der Waals surface area contributed by atoms with E-state index in [4.69, 9.17) is 44.3 Å². The molecule has 1 heterocycles. The summed E-state index contributed by atoms with van der Waals surface area (Å²) in [5.41, 5.74) is 2.44. The minimum Gasteiger partial charge on any atom is -0.489 e. The third-order valence-corrected chi connectivity index (χ3v) is 5.04. The standard InChI is InChI=1S/C23H14Cl3NO3/c24-16-3-1-2-15(10-16)13-29-18-7-4-14(5-8-18)11-21-23(28)30-22(27-21)19-9-6-17(25)12-20(19)26/h1-12H,13H2/b21-11-. The number of nitrogens with zero attached hydrogens (tertiary/aromatic N) is 1. The molecule has 30 heavy (non-hydrogen) atoms. The Labute approximate surface area is 188 Å². The van der Waals surface area contributed by atoms with Crippen molar-refractivity contribution in [3.8, 4) is 5.75 Å². The van der Waals surface area contributed by atoms with Crippen LogP contribution in [0.1, 0.15) is 16.7 Å². The Hall–Kier alpha value is -2.79. The number of aliphatic imine (C=N–C) groups is 1. The summed E-state index contributed by atoms with van der Waals surface area (Å²) in [4.78, 5) is 16.5. The highest BCUT2D eigenvalue weighted by Crippen LogP contribution is 2.26. The van der Waals surface area contributed by atoms with Gasteiger partial charge in [-0.1, -0.05) is 59.1 Å². The lowest BCUT2D eigenvalue weighted by atomic mass is 10.2. The summed E-state index contributed by atoms with van der Waals surface area (Å²) in [5, 5.41) is 1.51. The minimum absolute atomic E-state index is 0.148. The molecule has 0 amide bonds. The number of carbonyl (C=O) groups excluding carboxylic acids is 1. The van der Waals surface area contributed by atoms with Crippen molar-refractivity contribution in [3.05, 3.63) is 104 Å². The van der Waals surface area contributed by atoms with Gasteiger partial charge in [0.25, 0.3) is 0 Å². The average molecular weight is 459 g/mol. The maximum Gasteiger partial charge on any atom is 0.363 e. The highest BCUT2D eigenvalue weighted by molar-refractivity contribution is 6.37. The molecule has 3 aromatic rings. The quantitative estimate of drug-likeness (QED) is 0.321. The van der Waals surface area contributed by atoms with Crippen molar-refractivity contribution in [2.75, 3.05) is 0 Å². The molecule has 0 saturated carbocycles. The van der Waals surface area contributed by atoms with Crippen molar-refractivity contribution >= 4 is 52.7 Å². The summed E-state index contributed by atoms with van der Waals surface area (Å²) >= 11 is 18.1. The Bertz CT molecular complexity index is 1170. The second kappa shape index (κ2) is 8.92. The van der Waals surface area contributed by atoms with Gasteiger partial charge in [-0.2, -0.15) is 0 Å². The van der Waals surface area contributed by atoms with Gasteiger partial charge >= 0.3 is 5.97 Å². The largest absolute Gasteiger partial charge is 0.489 e. The zero-order valence-corrected chi connectivity index (χ0v) is 17.7. The number of esters is 1. The molecular formula is C23H14Cl3NO3. The van der Waals surface area contributed by atoms with Crippen LogP contribution in [0.5, 0.6) is 5.75 Å². The lowest BCUT2D eigenvalue weighted by molar-refractivity contribution is -0.129. The monoisotopic (exact) mass is 457 g/mol. The fourth-order valence-electron chi connectivity index (χ4n) is 2.80. The Morgan fingerprint density at radius 3 is 2.43 bits per heavy atom. The zero-order valence-electron chi connectivity index (χ0n) is 15.4. The normalized spacial score (nSPS) is 14.6. The summed E-state index contributed by atoms with van der Waals surface area (Å²) in [6, 6.07) is 19.7. The number of hydrogen-bond acceptors (Lipinski definition) is 4. The van der Waals surface area contributed by atoms with Crippen molar-refractivity contribution in [1.29, 1.82) is 0 Å². The van der Waals surface area contributed by atoms with Gasteiger partial charge in [-0.3, -0.25) is 0 Å². The molecule has 0 aliphatic carbocycles. The van der Waals surface area contributed by atoms with Crippen LogP contribution in [0.4, 0.5) is 0 Å². The minimum atomic E-state index is -0.544. The molecular weight excluding hydrogens is 445 g/mol. The Morgan fingerprint density at radius 2 is 1.70 bits per heavy atom. The highest BCUT2D eigenvalue weighted by atomic mass is 35.5. The van der Waals surface area contributed by atoms with Gasteiger partial charge in [0.2, 0.25) is 5.90 Å². The Balaban J connectivity index is 1.47. The number of benzene rings is 3. The van der Waals surface area contributed by atoms with Gasteiger partial charge in [-0.25, -0.2) is 9.79 Å². The first-order valence-electron chi connectivity index (χ1n) is 8.93. The van der Waals surface area contributed by atoms with Crippen LogP contribution in [0.15, 0.2) is 77.4 Å². The molecule has 7 heteroatoms. The lowest BCUT2D eigenvalue weighted by Crippen LogP contribution is -2.05. The van der Waals surface area contributed by atoms with Crippen LogP contribution < -0.4 is 4.74 Å². The van der Waals surface area contributed by atoms with Crippen molar-refractivity contribution in [3.63, 3.8) is 0 Å². The van der Waals surface area contributed by atoms with Crippen LogP contribution in [0, 0.1) is 0 Å². The van der Waals surface area contributed by atoms with Crippen LogP contribution in [-0.2, 0) is 16.1 Å². The first-order valence-corrected chi connectivity index (χ1v) is 10.1. The van der Waals surface area contributed by atoms with E-state index in [1.54, 1.807) is 24.3 Å². The Morgan fingerprint density at radius 1 is 0.933 bits per heavy atom. The Kier molecular flexibility index (Phi) is 6.09. The molecule has 0 radical (unpaired) electrons. The van der Waals surface area contributed by atoms with Crippen LogP contribution in [0.25, 0.3) is 6.08 Å². The zero-order chi connectivity index (χ0) is 21.1. The molecule has 0 fully saturated rings. The molecule has 0 aromatic heterocycles. The van der Waals surface area contributed by atoms with Crippen molar-refractivity contribution < 1.29 is 14.3 Å². The average Bonchev–Trinajstić information content (AvgIpc) is 3.07. The predicted octanol–water partition coefficient (Wildman–Crippen LogP) is 6.57. The number of rotatable bonds is 5. The van der Waals surface area contributed by atoms with Gasteiger partial charge < -0.3 is 9.47 Å². The number of hydrogen-bond donors (Lipinski definition) is 0. The van der Waals surface area contributed by atoms with E-state index in [0.717, 1.165) is 11.1 Å². The van der Waals surface area contributed by atoms with Crippen LogP contribution in [0.2, 0.25) is 15.1 Å². The topological polar surface area (TPSA) is 47.9 Å². The van der Waals surface area contributed by atoms with Crippen LogP contribution in [0.3, 0.4) is 0 Å². The molecule has 0 bridgehead atoms. The molecule has 4 nitrogen and oxygen atoms in total. The van der Waals surface area contributed by atoms with Gasteiger partial charge in [0, 0.05) is 10.0 Å². The van der Waals surface area contributed by atoms with Gasteiger partial charge in [0.15, 0.2) is 5.70 Å². The third-order valence-electron chi connectivity index (χ3n) is 4.26. The SMILES string of the molecule is O=C1OC(c2ccc(Cl)cc2Cl)=N/C1=C\c1ccc(OCc2cccc(Cl)c2)cc1. The first kappa shape index (κ1) is 20.5. The number of halogens is 3. The predicted molar refractivity (Wildman–Crippen MR) is 119 cm³/mol. The van der Waals surface area contributed by atoms with Gasteiger partial charge in [-0.15, -0.1) is 0 Å². The van der Waals surface area contributed by atoms with E-state index in [1.165, 1.54) is 0 Å².